The second-order valence-corrected chi connectivity index (χ2v) is 14.8. The number of anilines is 1. The van der Waals surface area contributed by atoms with Gasteiger partial charge in [-0.05, 0) is 63.4 Å². The first-order valence-corrected chi connectivity index (χ1v) is 16.6. The van der Waals surface area contributed by atoms with Crippen LogP contribution < -0.4 is 10.2 Å². The Hall–Kier alpha value is -2.99. The molecule has 11 nitrogen and oxygen atoms in total. The number of carbonyl (C=O) groups is 1. The Labute approximate surface area is 242 Å². The number of rotatable bonds is 7. The summed E-state index contributed by atoms with van der Waals surface area (Å²) in [6.45, 7) is 6.74. The first-order chi connectivity index (χ1) is 19.4. The number of aromatic nitrogens is 5. The van der Waals surface area contributed by atoms with E-state index in [1.165, 1.54) is 30.4 Å². The van der Waals surface area contributed by atoms with Gasteiger partial charge in [0.25, 0.3) is 0 Å². The Balaban J connectivity index is 1.16. The minimum Gasteiger partial charge on any atom is -0.366 e. The van der Waals surface area contributed by atoms with Gasteiger partial charge in [-0.3, -0.25) is 14.2 Å². The largest absolute Gasteiger partial charge is 0.366 e. The molecule has 0 radical (unpaired) electrons. The summed E-state index contributed by atoms with van der Waals surface area (Å²) in [5, 5.41) is 13.8. The molecule has 0 aromatic carbocycles. The Bertz CT molecular complexity index is 1590. The van der Waals surface area contributed by atoms with E-state index in [4.69, 9.17) is 10.1 Å². The van der Waals surface area contributed by atoms with Crippen molar-refractivity contribution in [3.63, 3.8) is 0 Å². The smallest absolute Gasteiger partial charge is 0.235 e. The van der Waals surface area contributed by atoms with Gasteiger partial charge < -0.3 is 10.2 Å². The van der Waals surface area contributed by atoms with Crippen LogP contribution in [0.15, 0.2) is 12.3 Å². The lowest BCUT2D eigenvalue weighted by Gasteiger charge is -2.49. The molecule has 1 amide bonds. The fraction of sp³-hybridized carbons (Fsp3) is 0.655. The third-order valence-corrected chi connectivity index (χ3v) is 11.0. The lowest BCUT2D eigenvalue weighted by molar-refractivity contribution is -0.123. The number of fused-ring (bicyclic) bond motifs is 4. The van der Waals surface area contributed by atoms with Crippen LogP contribution in [0.25, 0.3) is 11.0 Å². The lowest BCUT2D eigenvalue weighted by atomic mass is 9.60. The highest BCUT2D eigenvalue weighted by Crippen LogP contribution is 2.50. The summed E-state index contributed by atoms with van der Waals surface area (Å²) in [6.07, 6.45) is 10.5. The van der Waals surface area contributed by atoms with Crippen molar-refractivity contribution in [2.75, 3.05) is 31.3 Å². The second-order valence-electron chi connectivity index (χ2n) is 12.7. The molecule has 3 atom stereocenters. The van der Waals surface area contributed by atoms with Crippen molar-refractivity contribution in [3.05, 3.63) is 34.9 Å². The molecule has 6 rings (SSSR count). The zero-order chi connectivity index (χ0) is 29.1. The van der Waals surface area contributed by atoms with Gasteiger partial charge >= 0.3 is 0 Å². The standard InChI is InChI=1S/C29H42N8O3S/c1-19-13-26(22-15-30-35(4)28(22)31-19)36-12-9-25-23(16-36)20(2)33-37(25)18-29-10-6-7-21(14-29)24(8-11-29)32-27(38)17-34(3)41(5,39)40/h13,15,21,24H,6-12,14,16-18H2,1-5H3,(H,32,38). The van der Waals surface area contributed by atoms with Crippen molar-refractivity contribution in [1.29, 1.82) is 0 Å². The molecule has 1 N–H and O–H groups in total. The van der Waals surface area contributed by atoms with Crippen molar-refractivity contribution >= 4 is 32.7 Å². The van der Waals surface area contributed by atoms with Gasteiger partial charge in [-0.15, -0.1) is 0 Å². The molecule has 0 saturated heterocycles. The minimum absolute atomic E-state index is 0.110. The Kier molecular flexibility index (Phi) is 7.12. The first kappa shape index (κ1) is 28.1. The number of hydrogen-bond donors (Lipinski definition) is 1. The molecule has 41 heavy (non-hydrogen) atoms. The predicted octanol–water partition coefficient (Wildman–Crippen LogP) is 2.69. The van der Waals surface area contributed by atoms with Crippen LogP contribution in [0.3, 0.4) is 0 Å². The van der Waals surface area contributed by atoms with E-state index >= 15 is 0 Å². The van der Waals surface area contributed by atoms with E-state index in [2.05, 4.69) is 33.0 Å². The molecule has 3 aromatic rings. The van der Waals surface area contributed by atoms with Crippen molar-refractivity contribution in [3.8, 4) is 0 Å². The molecule has 1 aliphatic heterocycles. The van der Waals surface area contributed by atoms with E-state index in [0.29, 0.717) is 5.92 Å². The van der Waals surface area contributed by atoms with Gasteiger partial charge in [0, 0.05) is 63.1 Å². The van der Waals surface area contributed by atoms with E-state index in [1.807, 2.05) is 24.9 Å². The van der Waals surface area contributed by atoms with E-state index < -0.39 is 10.0 Å². The molecule has 222 valence electrons. The number of hydrogen-bond acceptors (Lipinski definition) is 7. The lowest BCUT2D eigenvalue weighted by Crippen LogP contribution is -2.51. The van der Waals surface area contributed by atoms with Gasteiger partial charge in [0.2, 0.25) is 15.9 Å². The van der Waals surface area contributed by atoms with E-state index in [1.54, 1.807) is 0 Å². The minimum atomic E-state index is -3.38. The molecule has 3 aliphatic rings. The summed E-state index contributed by atoms with van der Waals surface area (Å²) >= 11 is 0. The van der Waals surface area contributed by atoms with Crippen molar-refractivity contribution in [2.45, 2.75) is 77.9 Å². The van der Waals surface area contributed by atoms with Crippen LogP contribution in [0, 0.1) is 25.2 Å². The topological polar surface area (TPSA) is 118 Å². The SMILES string of the molecule is Cc1cc(N2CCc3c(c(C)nn3CC34CCCC(C3)C(NC(=O)CN(C)S(C)(=O)=O)CC4)C2)c2cnn(C)c2n1. The third-order valence-electron chi connectivity index (χ3n) is 9.78. The van der Waals surface area contributed by atoms with E-state index in [9.17, 15) is 13.2 Å². The number of nitrogens with zero attached hydrogens (tertiary/aromatic N) is 7. The number of pyridine rings is 1. The van der Waals surface area contributed by atoms with Gasteiger partial charge in [0.1, 0.15) is 0 Å². The van der Waals surface area contributed by atoms with Gasteiger partial charge in [0.15, 0.2) is 5.65 Å². The van der Waals surface area contributed by atoms with Crippen LogP contribution in [0.1, 0.15) is 61.2 Å². The first-order valence-electron chi connectivity index (χ1n) is 14.7. The summed E-state index contributed by atoms with van der Waals surface area (Å²) in [5.41, 5.74) is 7.10. The Morgan fingerprint density at radius 1 is 1.24 bits per heavy atom. The van der Waals surface area contributed by atoms with Gasteiger partial charge in [-0.25, -0.2) is 13.4 Å². The van der Waals surface area contributed by atoms with E-state index in [0.717, 1.165) is 91.1 Å². The van der Waals surface area contributed by atoms with Crippen molar-refractivity contribution in [2.24, 2.45) is 18.4 Å². The molecular weight excluding hydrogens is 540 g/mol. The number of sulfonamides is 1. The number of likely N-dealkylation sites (N-methyl/N-ethyl adjacent to an activating group) is 1. The molecule has 12 heteroatoms. The third kappa shape index (κ3) is 5.36. The number of nitrogens with one attached hydrogen (secondary N) is 1. The predicted molar refractivity (Wildman–Crippen MR) is 158 cm³/mol. The zero-order valence-electron chi connectivity index (χ0n) is 24.9. The van der Waals surface area contributed by atoms with Crippen LogP contribution in [0.5, 0.6) is 0 Å². The highest BCUT2D eigenvalue weighted by atomic mass is 32.2. The molecule has 2 aliphatic carbocycles. The number of carbonyl (C=O) groups excluding carboxylic acids is 1. The highest BCUT2D eigenvalue weighted by Gasteiger charge is 2.45. The molecule has 3 aromatic heterocycles. The molecule has 3 unspecified atom stereocenters. The summed E-state index contributed by atoms with van der Waals surface area (Å²) in [4.78, 5) is 19.8. The Morgan fingerprint density at radius 3 is 2.83 bits per heavy atom. The van der Waals surface area contributed by atoms with Crippen LogP contribution in [0.2, 0.25) is 0 Å². The molecule has 2 bridgehead atoms. The average molecular weight is 583 g/mol. The van der Waals surface area contributed by atoms with Crippen molar-refractivity contribution < 1.29 is 13.2 Å². The summed E-state index contributed by atoms with van der Waals surface area (Å²) in [6, 6.07) is 2.28. The number of amides is 1. The van der Waals surface area contributed by atoms with Crippen LogP contribution in [-0.2, 0) is 41.4 Å². The van der Waals surface area contributed by atoms with Crippen LogP contribution >= 0.6 is 0 Å². The normalized spacial score (nSPS) is 24.6. The molecular formula is C29H42N8O3S. The monoisotopic (exact) mass is 582 g/mol. The maximum absolute atomic E-state index is 12.6. The maximum Gasteiger partial charge on any atom is 0.235 e. The second kappa shape index (κ2) is 10.4. The maximum atomic E-state index is 12.6. The van der Waals surface area contributed by atoms with Crippen molar-refractivity contribution in [1.82, 2.24) is 34.2 Å². The number of aryl methyl sites for hydroxylation is 3. The average Bonchev–Trinajstić information content (AvgIpc) is 3.43. The fourth-order valence-electron chi connectivity index (χ4n) is 7.55. The summed E-state index contributed by atoms with van der Waals surface area (Å²) < 4.78 is 28.7. The summed E-state index contributed by atoms with van der Waals surface area (Å²) in [7, 11) is 0.00669. The molecule has 0 spiro atoms. The van der Waals surface area contributed by atoms with Gasteiger partial charge in [0.05, 0.1) is 35.8 Å². The zero-order valence-corrected chi connectivity index (χ0v) is 25.7. The molecule has 2 saturated carbocycles. The fourth-order valence-corrected chi connectivity index (χ4v) is 7.90. The summed E-state index contributed by atoms with van der Waals surface area (Å²) in [5.74, 6) is 0.208. The molecule has 4 heterocycles. The van der Waals surface area contributed by atoms with Crippen LogP contribution in [-0.4, -0.2) is 75.6 Å². The van der Waals surface area contributed by atoms with Crippen LogP contribution in [0.4, 0.5) is 5.69 Å². The quantitative estimate of drug-likeness (QED) is 0.455. The van der Waals surface area contributed by atoms with Gasteiger partial charge in [-0.2, -0.15) is 14.5 Å². The Morgan fingerprint density at radius 2 is 2.05 bits per heavy atom. The van der Waals surface area contributed by atoms with Gasteiger partial charge in [-0.1, -0.05) is 6.42 Å². The molecule has 2 fully saturated rings. The van der Waals surface area contributed by atoms with E-state index in [-0.39, 0.29) is 23.9 Å². The highest BCUT2D eigenvalue weighted by molar-refractivity contribution is 7.88.